The van der Waals surface area contributed by atoms with Gasteiger partial charge in [-0.3, -0.25) is 14.9 Å². The molecule has 2 amide bonds. The van der Waals surface area contributed by atoms with Gasteiger partial charge in [0.05, 0.1) is 30.0 Å². The number of nitrogens with one attached hydrogen (secondary N) is 1. The molecule has 1 aliphatic heterocycles. The number of nitrogens with zero attached hydrogens (tertiary/aromatic N) is 2. The van der Waals surface area contributed by atoms with E-state index in [4.69, 9.17) is 4.42 Å². The molecular formula is C23H25N3O4S. The Bertz CT molecular complexity index is 1040. The monoisotopic (exact) mass is 439 g/mol. The number of thiazole rings is 1. The van der Waals surface area contributed by atoms with E-state index in [1.165, 1.54) is 17.6 Å². The number of likely N-dealkylation sites (tertiary alicyclic amines) is 1. The molecule has 1 aromatic carbocycles. The fraction of sp³-hybridized carbons (Fsp3) is 0.348. The fourth-order valence-corrected chi connectivity index (χ4v) is 4.59. The fourth-order valence-electron chi connectivity index (χ4n) is 3.88. The lowest BCUT2D eigenvalue weighted by Gasteiger charge is -2.34. The van der Waals surface area contributed by atoms with Gasteiger partial charge in [0.25, 0.3) is 5.91 Å². The zero-order chi connectivity index (χ0) is 21.8. The van der Waals surface area contributed by atoms with Gasteiger partial charge in [-0.05, 0) is 37.3 Å². The van der Waals surface area contributed by atoms with Crippen molar-refractivity contribution in [2.45, 2.75) is 32.3 Å². The van der Waals surface area contributed by atoms with Gasteiger partial charge in [-0.2, -0.15) is 0 Å². The molecule has 1 atom stereocenters. The molecule has 162 valence electrons. The average Bonchev–Trinajstić information content (AvgIpc) is 3.42. The number of aromatic nitrogens is 1. The van der Waals surface area contributed by atoms with Crippen LogP contribution in [-0.4, -0.2) is 39.9 Å². The minimum atomic E-state index is -0.498. The van der Waals surface area contributed by atoms with Crippen molar-refractivity contribution >= 4 is 28.3 Å². The highest BCUT2D eigenvalue weighted by molar-refractivity contribution is 7.14. The van der Waals surface area contributed by atoms with Crippen LogP contribution >= 0.6 is 11.3 Å². The number of benzene rings is 1. The van der Waals surface area contributed by atoms with Gasteiger partial charge in [-0.15, -0.1) is 11.3 Å². The maximum Gasteiger partial charge on any atom is 0.260 e. The third-order valence-corrected chi connectivity index (χ3v) is 6.49. The number of aryl methyl sites for hydroxylation is 1. The minimum absolute atomic E-state index is 0.0153. The predicted octanol–water partition coefficient (Wildman–Crippen LogP) is 3.81. The summed E-state index contributed by atoms with van der Waals surface area (Å²) in [6, 6.07) is 11.3. The number of hydrogen-bond acceptors (Lipinski definition) is 6. The lowest BCUT2D eigenvalue weighted by Crippen LogP contribution is -2.40. The molecular weight excluding hydrogens is 414 g/mol. The summed E-state index contributed by atoms with van der Waals surface area (Å²) in [5, 5.41) is 15.6. The first-order chi connectivity index (χ1) is 15.0. The minimum Gasteiger partial charge on any atom is -0.469 e. The van der Waals surface area contributed by atoms with Crippen molar-refractivity contribution in [3.63, 3.8) is 0 Å². The van der Waals surface area contributed by atoms with Gasteiger partial charge < -0.3 is 14.4 Å². The zero-order valence-corrected chi connectivity index (χ0v) is 18.1. The number of amides is 2. The molecule has 0 spiro atoms. The predicted molar refractivity (Wildman–Crippen MR) is 118 cm³/mol. The van der Waals surface area contributed by atoms with Gasteiger partial charge in [0, 0.05) is 18.5 Å². The van der Waals surface area contributed by atoms with E-state index in [0.717, 1.165) is 18.4 Å². The van der Waals surface area contributed by atoms with E-state index >= 15 is 0 Å². The SMILES string of the molecule is Cc1occc1C(=O)Nc1nc(CC(=O)N2CCC(C(O)c3ccccc3)CC2)cs1. The summed E-state index contributed by atoms with van der Waals surface area (Å²) in [6.07, 6.45) is 2.71. The van der Waals surface area contributed by atoms with Gasteiger partial charge in [-0.25, -0.2) is 4.98 Å². The molecule has 0 aliphatic carbocycles. The second-order valence-corrected chi connectivity index (χ2v) is 8.60. The maximum atomic E-state index is 12.7. The number of aliphatic hydroxyl groups is 1. The van der Waals surface area contributed by atoms with Gasteiger partial charge in [0.1, 0.15) is 5.76 Å². The molecule has 1 unspecified atom stereocenters. The van der Waals surface area contributed by atoms with Crippen LogP contribution in [0.2, 0.25) is 0 Å². The molecule has 7 nitrogen and oxygen atoms in total. The van der Waals surface area contributed by atoms with Crippen LogP contribution in [-0.2, 0) is 11.2 Å². The first-order valence-electron chi connectivity index (χ1n) is 10.3. The summed E-state index contributed by atoms with van der Waals surface area (Å²) in [5.41, 5.74) is 2.03. The Balaban J connectivity index is 1.28. The highest BCUT2D eigenvalue weighted by Crippen LogP contribution is 2.31. The zero-order valence-electron chi connectivity index (χ0n) is 17.3. The molecule has 0 saturated carbocycles. The number of rotatable bonds is 6. The van der Waals surface area contributed by atoms with Crippen LogP contribution < -0.4 is 5.32 Å². The first-order valence-corrected chi connectivity index (χ1v) is 11.2. The Morgan fingerprint density at radius 2 is 2.00 bits per heavy atom. The molecule has 4 rings (SSSR count). The standard InChI is InChI=1S/C23H25N3O4S/c1-15-19(9-12-30-15)22(29)25-23-24-18(14-31-23)13-20(27)26-10-7-17(8-11-26)21(28)16-5-3-2-4-6-16/h2-6,9,12,14,17,21,28H,7-8,10-11,13H2,1H3,(H,24,25,29). The van der Waals surface area contributed by atoms with E-state index in [9.17, 15) is 14.7 Å². The lowest BCUT2D eigenvalue weighted by atomic mass is 9.87. The second-order valence-electron chi connectivity index (χ2n) is 7.74. The largest absolute Gasteiger partial charge is 0.469 e. The Morgan fingerprint density at radius 1 is 1.26 bits per heavy atom. The van der Waals surface area contributed by atoms with E-state index in [1.54, 1.807) is 18.4 Å². The van der Waals surface area contributed by atoms with Crippen molar-refractivity contribution in [2.24, 2.45) is 5.92 Å². The summed E-state index contributed by atoms with van der Waals surface area (Å²) in [4.78, 5) is 31.2. The molecule has 3 heterocycles. The summed E-state index contributed by atoms with van der Waals surface area (Å²) < 4.78 is 5.15. The van der Waals surface area contributed by atoms with Crippen molar-refractivity contribution in [2.75, 3.05) is 18.4 Å². The smallest absolute Gasteiger partial charge is 0.260 e. The van der Waals surface area contributed by atoms with Crippen LogP contribution in [0.3, 0.4) is 0 Å². The normalized spacial score (nSPS) is 15.6. The van der Waals surface area contributed by atoms with Crippen LogP contribution in [0.15, 0.2) is 52.5 Å². The molecule has 2 aromatic heterocycles. The molecule has 2 N–H and O–H groups in total. The third-order valence-electron chi connectivity index (χ3n) is 5.69. The molecule has 1 aliphatic rings. The molecule has 1 fully saturated rings. The Kier molecular flexibility index (Phi) is 6.48. The number of hydrogen-bond donors (Lipinski definition) is 2. The van der Waals surface area contributed by atoms with Crippen molar-refractivity contribution in [3.05, 3.63) is 70.6 Å². The molecule has 0 bridgehead atoms. The first kappa shape index (κ1) is 21.3. The van der Waals surface area contributed by atoms with Crippen molar-refractivity contribution in [1.82, 2.24) is 9.88 Å². The van der Waals surface area contributed by atoms with Crippen LogP contribution in [0.1, 0.15) is 46.3 Å². The van der Waals surface area contributed by atoms with E-state index < -0.39 is 6.10 Å². The van der Waals surface area contributed by atoms with Crippen LogP contribution in [0.25, 0.3) is 0 Å². The number of anilines is 1. The van der Waals surface area contributed by atoms with Crippen molar-refractivity contribution in [3.8, 4) is 0 Å². The molecule has 1 saturated heterocycles. The third kappa shape index (κ3) is 5.03. The number of aliphatic hydroxyl groups excluding tert-OH is 1. The molecule has 3 aromatic rings. The van der Waals surface area contributed by atoms with E-state index in [1.807, 2.05) is 35.2 Å². The summed E-state index contributed by atoms with van der Waals surface area (Å²) in [5.74, 6) is 0.434. The van der Waals surface area contributed by atoms with Gasteiger partial charge >= 0.3 is 0 Å². The topological polar surface area (TPSA) is 95.7 Å². The van der Waals surface area contributed by atoms with E-state index in [2.05, 4.69) is 10.3 Å². The molecule has 8 heteroatoms. The quantitative estimate of drug-likeness (QED) is 0.609. The Hall–Kier alpha value is -2.97. The second kappa shape index (κ2) is 9.45. The highest BCUT2D eigenvalue weighted by Gasteiger charge is 2.28. The lowest BCUT2D eigenvalue weighted by molar-refractivity contribution is -0.132. The van der Waals surface area contributed by atoms with Crippen molar-refractivity contribution < 1.29 is 19.1 Å². The Labute approximate surface area is 184 Å². The van der Waals surface area contributed by atoms with Crippen molar-refractivity contribution in [1.29, 1.82) is 0 Å². The number of piperidine rings is 1. The van der Waals surface area contributed by atoms with E-state index in [0.29, 0.717) is 35.2 Å². The molecule has 31 heavy (non-hydrogen) atoms. The van der Waals surface area contributed by atoms with Crippen LogP contribution in [0, 0.1) is 12.8 Å². The highest BCUT2D eigenvalue weighted by atomic mass is 32.1. The van der Waals surface area contributed by atoms with Crippen LogP contribution in [0.5, 0.6) is 0 Å². The maximum absolute atomic E-state index is 12.7. The van der Waals surface area contributed by atoms with Gasteiger partial charge in [0.2, 0.25) is 5.91 Å². The number of furan rings is 1. The number of carbonyl (C=O) groups excluding carboxylic acids is 2. The summed E-state index contributed by atoms with van der Waals surface area (Å²) >= 11 is 1.29. The summed E-state index contributed by atoms with van der Waals surface area (Å²) in [7, 11) is 0. The molecule has 0 radical (unpaired) electrons. The van der Waals surface area contributed by atoms with Gasteiger partial charge in [0.15, 0.2) is 5.13 Å². The summed E-state index contributed by atoms with van der Waals surface area (Å²) in [6.45, 7) is 2.98. The average molecular weight is 440 g/mol. The van der Waals surface area contributed by atoms with E-state index in [-0.39, 0.29) is 24.2 Å². The number of carbonyl (C=O) groups is 2. The Morgan fingerprint density at radius 3 is 2.68 bits per heavy atom. The van der Waals surface area contributed by atoms with Gasteiger partial charge in [-0.1, -0.05) is 30.3 Å². The van der Waals surface area contributed by atoms with Crippen LogP contribution in [0.4, 0.5) is 5.13 Å².